The number of nitrogens with zero attached hydrogens (tertiary/aromatic N) is 2. The topological polar surface area (TPSA) is 16.1 Å². The van der Waals surface area contributed by atoms with Crippen LogP contribution in [-0.4, -0.2) is 12.0 Å². The fourth-order valence-electron chi connectivity index (χ4n) is 1.58. The standard InChI is InChI=1S/C13H13IN2/c1-16(10-11-6-4-5-9-15-11)13-8-3-2-7-12(13)14/h2-9H,10H2,1H3. The first kappa shape index (κ1) is 11.4. The van der Waals surface area contributed by atoms with Gasteiger partial charge in [0.1, 0.15) is 0 Å². The highest BCUT2D eigenvalue weighted by molar-refractivity contribution is 14.1. The van der Waals surface area contributed by atoms with Crippen LogP contribution in [0.3, 0.4) is 0 Å². The summed E-state index contributed by atoms with van der Waals surface area (Å²) in [5.74, 6) is 0. The highest BCUT2D eigenvalue weighted by Crippen LogP contribution is 2.21. The summed E-state index contributed by atoms with van der Waals surface area (Å²) >= 11 is 2.36. The van der Waals surface area contributed by atoms with Gasteiger partial charge in [-0.3, -0.25) is 4.98 Å². The van der Waals surface area contributed by atoms with E-state index in [0.29, 0.717) is 0 Å². The fourth-order valence-corrected chi connectivity index (χ4v) is 2.38. The lowest BCUT2D eigenvalue weighted by Crippen LogP contribution is -2.18. The molecule has 1 heterocycles. The first-order chi connectivity index (χ1) is 7.77. The van der Waals surface area contributed by atoms with Crippen LogP contribution in [0.4, 0.5) is 5.69 Å². The molecule has 0 aliphatic carbocycles. The Morgan fingerprint density at radius 1 is 1.12 bits per heavy atom. The predicted octanol–water partition coefficient (Wildman–Crippen LogP) is 3.32. The normalized spacial score (nSPS) is 10.1. The van der Waals surface area contributed by atoms with E-state index in [2.05, 4.69) is 63.8 Å². The second-order valence-corrected chi connectivity index (χ2v) is 4.79. The number of aromatic nitrogens is 1. The highest BCUT2D eigenvalue weighted by Gasteiger charge is 2.05. The first-order valence-electron chi connectivity index (χ1n) is 5.13. The molecule has 0 spiro atoms. The van der Waals surface area contributed by atoms with Crippen molar-refractivity contribution in [2.45, 2.75) is 6.54 Å². The molecule has 1 aromatic carbocycles. The van der Waals surface area contributed by atoms with E-state index in [1.54, 1.807) is 0 Å². The molecular weight excluding hydrogens is 311 g/mol. The average Bonchev–Trinajstić information content (AvgIpc) is 2.31. The molecule has 0 atom stereocenters. The number of pyridine rings is 1. The van der Waals surface area contributed by atoms with E-state index in [9.17, 15) is 0 Å². The summed E-state index contributed by atoms with van der Waals surface area (Å²) in [5.41, 5.74) is 2.33. The van der Waals surface area contributed by atoms with E-state index in [1.165, 1.54) is 9.26 Å². The van der Waals surface area contributed by atoms with E-state index in [-0.39, 0.29) is 0 Å². The molecule has 0 fully saturated rings. The third-order valence-electron chi connectivity index (χ3n) is 2.39. The minimum atomic E-state index is 0.834. The molecule has 0 bridgehead atoms. The second kappa shape index (κ2) is 5.30. The molecule has 2 nitrogen and oxygen atoms in total. The molecule has 0 unspecified atom stereocenters. The summed E-state index contributed by atoms with van der Waals surface area (Å²) in [6, 6.07) is 14.4. The van der Waals surface area contributed by atoms with Crippen LogP contribution in [0.15, 0.2) is 48.7 Å². The SMILES string of the molecule is CN(Cc1ccccn1)c1ccccc1I. The summed E-state index contributed by atoms with van der Waals surface area (Å²) in [6.45, 7) is 0.834. The van der Waals surface area contributed by atoms with E-state index >= 15 is 0 Å². The van der Waals surface area contributed by atoms with Gasteiger partial charge >= 0.3 is 0 Å². The molecule has 0 amide bonds. The van der Waals surface area contributed by atoms with Crippen LogP contribution >= 0.6 is 22.6 Å². The molecule has 0 saturated heterocycles. The molecule has 0 N–H and O–H groups in total. The molecule has 82 valence electrons. The molecule has 1 aromatic heterocycles. The van der Waals surface area contributed by atoms with Crippen LogP contribution in [0, 0.1) is 3.57 Å². The summed E-state index contributed by atoms with van der Waals surface area (Å²) in [5, 5.41) is 0. The predicted molar refractivity (Wildman–Crippen MR) is 75.5 cm³/mol. The number of benzene rings is 1. The number of para-hydroxylation sites is 1. The summed E-state index contributed by atoms with van der Waals surface area (Å²) < 4.78 is 1.26. The van der Waals surface area contributed by atoms with Gasteiger partial charge in [0.25, 0.3) is 0 Å². The number of anilines is 1. The Kier molecular flexibility index (Phi) is 3.77. The zero-order chi connectivity index (χ0) is 11.4. The number of hydrogen-bond donors (Lipinski definition) is 0. The molecule has 16 heavy (non-hydrogen) atoms. The van der Waals surface area contributed by atoms with Gasteiger partial charge in [-0.25, -0.2) is 0 Å². The van der Waals surface area contributed by atoms with Gasteiger partial charge in [-0.1, -0.05) is 18.2 Å². The maximum absolute atomic E-state index is 4.33. The molecular formula is C13H13IN2. The lowest BCUT2D eigenvalue weighted by molar-refractivity contribution is 0.882. The third kappa shape index (κ3) is 2.72. The summed E-state index contributed by atoms with van der Waals surface area (Å²) in [4.78, 5) is 6.54. The van der Waals surface area contributed by atoms with Crippen molar-refractivity contribution < 1.29 is 0 Å². The highest BCUT2D eigenvalue weighted by atomic mass is 127. The molecule has 2 rings (SSSR count). The van der Waals surface area contributed by atoms with E-state index in [1.807, 2.05) is 24.4 Å². The van der Waals surface area contributed by atoms with Crippen molar-refractivity contribution >= 4 is 28.3 Å². The lowest BCUT2D eigenvalue weighted by Gasteiger charge is -2.20. The Bertz CT molecular complexity index is 456. The third-order valence-corrected chi connectivity index (χ3v) is 3.30. The van der Waals surface area contributed by atoms with Crippen LogP contribution in [0.2, 0.25) is 0 Å². The fraction of sp³-hybridized carbons (Fsp3) is 0.154. The van der Waals surface area contributed by atoms with Gasteiger partial charge in [-0.15, -0.1) is 0 Å². The van der Waals surface area contributed by atoms with Crippen molar-refractivity contribution in [1.82, 2.24) is 4.98 Å². The first-order valence-corrected chi connectivity index (χ1v) is 6.21. The minimum absolute atomic E-state index is 0.834. The van der Waals surface area contributed by atoms with Gasteiger partial charge < -0.3 is 4.90 Å². The smallest absolute Gasteiger partial charge is 0.0599 e. The average molecular weight is 324 g/mol. The molecule has 0 radical (unpaired) electrons. The van der Waals surface area contributed by atoms with Crippen LogP contribution < -0.4 is 4.90 Å². The van der Waals surface area contributed by atoms with Crippen LogP contribution in [0.25, 0.3) is 0 Å². The Labute approximate surface area is 109 Å². The zero-order valence-electron chi connectivity index (χ0n) is 9.10. The minimum Gasteiger partial charge on any atom is -0.368 e. The van der Waals surface area contributed by atoms with Gasteiger partial charge in [-0.05, 0) is 46.9 Å². The van der Waals surface area contributed by atoms with E-state index in [4.69, 9.17) is 0 Å². The molecule has 0 saturated carbocycles. The number of hydrogen-bond acceptors (Lipinski definition) is 2. The Balaban J connectivity index is 2.15. The van der Waals surface area contributed by atoms with Gasteiger partial charge in [0, 0.05) is 16.8 Å². The van der Waals surface area contributed by atoms with Crippen LogP contribution in [0.1, 0.15) is 5.69 Å². The molecule has 0 aliphatic heterocycles. The summed E-state index contributed by atoms with van der Waals surface area (Å²) in [6.07, 6.45) is 1.83. The zero-order valence-corrected chi connectivity index (χ0v) is 11.3. The molecule has 2 aromatic rings. The Hall–Kier alpha value is -1.10. The molecule has 0 aliphatic rings. The largest absolute Gasteiger partial charge is 0.368 e. The Morgan fingerprint density at radius 3 is 2.56 bits per heavy atom. The van der Waals surface area contributed by atoms with Crippen LogP contribution in [0.5, 0.6) is 0 Å². The van der Waals surface area contributed by atoms with Gasteiger partial charge in [-0.2, -0.15) is 0 Å². The van der Waals surface area contributed by atoms with E-state index in [0.717, 1.165) is 12.2 Å². The van der Waals surface area contributed by atoms with Gasteiger partial charge in [0.2, 0.25) is 0 Å². The maximum Gasteiger partial charge on any atom is 0.0599 e. The van der Waals surface area contributed by atoms with Crippen molar-refractivity contribution in [2.75, 3.05) is 11.9 Å². The summed E-state index contributed by atoms with van der Waals surface area (Å²) in [7, 11) is 2.09. The van der Waals surface area contributed by atoms with E-state index < -0.39 is 0 Å². The quantitative estimate of drug-likeness (QED) is 0.805. The van der Waals surface area contributed by atoms with Crippen molar-refractivity contribution in [3.8, 4) is 0 Å². The second-order valence-electron chi connectivity index (χ2n) is 3.63. The van der Waals surface area contributed by atoms with Crippen molar-refractivity contribution in [3.63, 3.8) is 0 Å². The van der Waals surface area contributed by atoms with Crippen molar-refractivity contribution in [3.05, 3.63) is 57.9 Å². The number of rotatable bonds is 3. The van der Waals surface area contributed by atoms with Gasteiger partial charge in [0.05, 0.1) is 17.9 Å². The monoisotopic (exact) mass is 324 g/mol. The van der Waals surface area contributed by atoms with Gasteiger partial charge in [0.15, 0.2) is 0 Å². The maximum atomic E-state index is 4.33. The van der Waals surface area contributed by atoms with Crippen LogP contribution in [-0.2, 0) is 6.54 Å². The lowest BCUT2D eigenvalue weighted by atomic mass is 10.2. The van der Waals surface area contributed by atoms with Crippen molar-refractivity contribution in [1.29, 1.82) is 0 Å². The molecule has 3 heteroatoms. The number of halogens is 1. The van der Waals surface area contributed by atoms with Crippen molar-refractivity contribution in [2.24, 2.45) is 0 Å². The Morgan fingerprint density at radius 2 is 1.88 bits per heavy atom.